The van der Waals surface area contributed by atoms with E-state index < -0.39 is 0 Å². The molecule has 0 aliphatic heterocycles. The fraction of sp³-hybridized carbons (Fsp3) is 0.500. The van der Waals surface area contributed by atoms with Crippen molar-refractivity contribution in [3.63, 3.8) is 0 Å². The van der Waals surface area contributed by atoms with Crippen molar-refractivity contribution in [1.29, 1.82) is 0 Å². The summed E-state index contributed by atoms with van der Waals surface area (Å²) in [5.74, 6) is 1.00. The van der Waals surface area contributed by atoms with Gasteiger partial charge in [-0.25, -0.2) is 4.98 Å². The van der Waals surface area contributed by atoms with Crippen molar-refractivity contribution in [2.24, 2.45) is 5.73 Å². The van der Waals surface area contributed by atoms with Crippen molar-refractivity contribution in [1.82, 2.24) is 9.55 Å². The first-order valence-electron chi connectivity index (χ1n) is 6.42. The van der Waals surface area contributed by atoms with Crippen molar-refractivity contribution in [3.8, 4) is 0 Å². The third-order valence-electron chi connectivity index (χ3n) is 3.15. The maximum absolute atomic E-state index is 5.77. The number of rotatable bonds is 5. The van der Waals surface area contributed by atoms with Gasteiger partial charge in [-0.1, -0.05) is 25.8 Å². The van der Waals surface area contributed by atoms with Crippen molar-refractivity contribution < 1.29 is 0 Å². The molecule has 0 amide bonds. The predicted octanol–water partition coefficient (Wildman–Crippen LogP) is 2.99. The van der Waals surface area contributed by atoms with Gasteiger partial charge in [0.25, 0.3) is 0 Å². The largest absolute Gasteiger partial charge is 0.327 e. The van der Waals surface area contributed by atoms with Gasteiger partial charge in [-0.05, 0) is 31.0 Å². The zero-order chi connectivity index (χ0) is 12.3. The van der Waals surface area contributed by atoms with Crippen LogP contribution in [0, 0.1) is 6.92 Å². The predicted molar refractivity (Wildman–Crippen MR) is 71.9 cm³/mol. The second kappa shape index (κ2) is 5.32. The van der Waals surface area contributed by atoms with Crippen molar-refractivity contribution in [3.05, 3.63) is 29.6 Å². The van der Waals surface area contributed by atoms with E-state index in [1.54, 1.807) is 0 Å². The topological polar surface area (TPSA) is 43.8 Å². The van der Waals surface area contributed by atoms with E-state index in [0.29, 0.717) is 6.54 Å². The first-order chi connectivity index (χ1) is 8.26. The molecule has 3 heteroatoms. The van der Waals surface area contributed by atoms with Gasteiger partial charge in [-0.3, -0.25) is 0 Å². The molecule has 2 rings (SSSR count). The number of aromatic nitrogens is 2. The molecule has 3 nitrogen and oxygen atoms in total. The molecule has 1 aromatic carbocycles. The molecule has 0 aliphatic carbocycles. The van der Waals surface area contributed by atoms with Crippen LogP contribution < -0.4 is 5.73 Å². The van der Waals surface area contributed by atoms with Gasteiger partial charge in [-0.2, -0.15) is 0 Å². The van der Waals surface area contributed by atoms with E-state index in [1.807, 2.05) is 0 Å². The standard InChI is InChI=1S/C14H21N3/c1-3-4-5-8-17-13-7-6-11(2)9-12(13)16-14(17)10-15/h6-7,9H,3-5,8,10,15H2,1-2H3. The Morgan fingerprint density at radius 3 is 2.82 bits per heavy atom. The Morgan fingerprint density at radius 1 is 1.29 bits per heavy atom. The highest BCUT2D eigenvalue weighted by molar-refractivity contribution is 5.76. The average molecular weight is 231 g/mol. The summed E-state index contributed by atoms with van der Waals surface area (Å²) in [6, 6.07) is 6.42. The lowest BCUT2D eigenvalue weighted by Crippen LogP contribution is -2.08. The van der Waals surface area contributed by atoms with Gasteiger partial charge in [0.2, 0.25) is 0 Å². The zero-order valence-corrected chi connectivity index (χ0v) is 10.7. The van der Waals surface area contributed by atoms with E-state index in [2.05, 4.69) is 41.6 Å². The summed E-state index contributed by atoms with van der Waals surface area (Å²) in [5, 5.41) is 0. The third kappa shape index (κ3) is 2.50. The summed E-state index contributed by atoms with van der Waals surface area (Å²) >= 11 is 0. The van der Waals surface area contributed by atoms with E-state index in [4.69, 9.17) is 5.73 Å². The summed E-state index contributed by atoms with van der Waals surface area (Å²) in [6.07, 6.45) is 3.70. The molecule has 0 saturated carbocycles. The average Bonchev–Trinajstić information content (AvgIpc) is 2.67. The number of benzene rings is 1. The molecule has 0 fully saturated rings. The summed E-state index contributed by atoms with van der Waals surface area (Å²) in [4.78, 5) is 4.61. The summed E-state index contributed by atoms with van der Waals surface area (Å²) in [5.41, 5.74) is 9.31. The molecule has 1 aromatic heterocycles. The monoisotopic (exact) mass is 231 g/mol. The number of fused-ring (bicyclic) bond motifs is 1. The molecule has 92 valence electrons. The zero-order valence-electron chi connectivity index (χ0n) is 10.7. The van der Waals surface area contributed by atoms with Crippen LogP contribution in [-0.2, 0) is 13.1 Å². The fourth-order valence-corrected chi connectivity index (χ4v) is 2.21. The maximum Gasteiger partial charge on any atom is 0.123 e. The molecule has 0 aliphatic rings. The number of nitrogens with zero attached hydrogens (tertiary/aromatic N) is 2. The number of hydrogen-bond donors (Lipinski definition) is 1. The highest BCUT2D eigenvalue weighted by Gasteiger charge is 2.08. The normalized spacial score (nSPS) is 11.2. The minimum Gasteiger partial charge on any atom is -0.327 e. The van der Waals surface area contributed by atoms with Crippen molar-refractivity contribution >= 4 is 11.0 Å². The van der Waals surface area contributed by atoms with Gasteiger partial charge in [0.1, 0.15) is 5.82 Å². The lowest BCUT2D eigenvalue weighted by molar-refractivity contribution is 0.592. The molecule has 0 saturated heterocycles. The van der Waals surface area contributed by atoms with E-state index in [0.717, 1.165) is 17.9 Å². The molecule has 0 spiro atoms. The van der Waals surface area contributed by atoms with Crippen LogP contribution in [-0.4, -0.2) is 9.55 Å². The first kappa shape index (κ1) is 12.1. The van der Waals surface area contributed by atoms with Gasteiger partial charge < -0.3 is 10.3 Å². The second-order valence-electron chi connectivity index (χ2n) is 4.58. The number of imidazole rings is 1. The Labute approximate surface area is 103 Å². The molecule has 0 bridgehead atoms. The van der Waals surface area contributed by atoms with Crippen LogP contribution in [0.1, 0.15) is 37.6 Å². The lowest BCUT2D eigenvalue weighted by Gasteiger charge is -2.07. The number of nitrogens with two attached hydrogens (primary N) is 1. The molecule has 17 heavy (non-hydrogen) atoms. The molecular weight excluding hydrogens is 210 g/mol. The fourth-order valence-electron chi connectivity index (χ4n) is 2.21. The molecule has 2 aromatic rings. The Hall–Kier alpha value is -1.35. The Balaban J connectivity index is 2.36. The summed E-state index contributed by atoms with van der Waals surface area (Å²) in [7, 11) is 0. The minimum absolute atomic E-state index is 0.514. The van der Waals surface area contributed by atoms with E-state index >= 15 is 0 Å². The van der Waals surface area contributed by atoms with E-state index in [9.17, 15) is 0 Å². The van der Waals surface area contributed by atoms with E-state index in [-0.39, 0.29) is 0 Å². The smallest absolute Gasteiger partial charge is 0.123 e. The molecule has 2 N–H and O–H groups in total. The van der Waals surface area contributed by atoms with Gasteiger partial charge in [0.05, 0.1) is 17.6 Å². The van der Waals surface area contributed by atoms with Crippen molar-refractivity contribution in [2.75, 3.05) is 0 Å². The van der Waals surface area contributed by atoms with Crippen LogP contribution in [0.25, 0.3) is 11.0 Å². The Morgan fingerprint density at radius 2 is 2.12 bits per heavy atom. The minimum atomic E-state index is 0.514. The quantitative estimate of drug-likeness (QED) is 0.804. The van der Waals surface area contributed by atoms with E-state index in [1.165, 1.54) is 30.3 Å². The number of aryl methyl sites for hydroxylation is 2. The molecule has 0 unspecified atom stereocenters. The molecule has 0 radical (unpaired) electrons. The highest BCUT2D eigenvalue weighted by Crippen LogP contribution is 2.18. The summed E-state index contributed by atoms with van der Waals surface area (Å²) in [6.45, 7) is 5.86. The molecule has 1 heterocycles. The lowest BCUT2D eigenvalue weighted by atomic mass is 10.2. The molecular formula is C14H21N3. The van der Waals surface area contributed by atoms with Crippen LogP contribution in [0.3, 0.4) is 0 Å². The Kier molecular flexibility index (Phi) is 3.79. The summed E-state index contributed by atoms with van der Waals surface area (Å²) < 4.78 is 2.27. The maximum atomic E-state index is 5.77. The van der Waals surface area contributed by atoms with Crippen molar-refractivity contribution in [2.45, 2.75) is 46.2 Å². The molecule has 0 atom stereocenters. The third-order valence-corrected chi connectivity index (χ3v) is 3.15. The van der Waals surface area contributed by atoms with Crippen LogP contribution in [0.5, 0.6) is 0 Å². The van der Waals surface area contributed by atoms with Gasteiger partial charge in [0, 0.05) is 6.54 Å². The van der Waals surface area contributed by atoms with Gasteiger partial charge in [-0.15, -0.1) is 0 Å². The SMILES string of the molecule is CCCCCn1c(CN)nc2cc(C)ccc21. The first-order valence-corrected chi connectivity index (χ1v) is 6.42. The second-order valence-corrected chi connectivity index (χ2v) is 4.58. The van der Waals surface area contributed by atoms with Crippen LogP contribution >= 0.6 is 0 Å². The van der Waals surface area contributed by atoms with Crippen LogP contribution in [0.15, 0.2) is 18.2 Å². The Bertz CT molecular complexity index is 499. The number of unbranched alkanes of at least 4 members (excludes halogenated alkanes) is 2. The number of hydrogen-bond acceptors (Lipinski definition) is 2. The highest BCUT2D eigenvalue weighted by atomic mass is 15.1. The van der Waals surface area contributed by atoms with Crippen LogP contribution in [0.2, 0.25) is 0 Å². The van der Waals surface area contributed by atoms with Crippen LogP contribution in [0.4, 0.5) is 0 Å². The van der Waals surface area contributed by atoms with Gasteiger partial charge >= 0.3 is 0 Å². The van der Waals surface area contributed by atoms with Gasteiger partial charge in [0.15, 0.2) is 0 Å².